The molecule has 110 valence electrons. The van der Waals surface area contributed by atoms with Gasteiger partial charge in [0, 0.05) is 6.92 Å². The summed E-state index contributed by atoms with van der Waals surface area (Å²) in [6.45, 7) is 1.08. The highest BCUT2D eigenvalue weighted by Crippen LogP contribution is 2.44. The largest absolute Gasteiger partial charge is 0.420 e. The third kappa shape index (κ3) is 2.77. The van der Waals surface area contributed by atoms with Crippen molar-refractivity contribution >= 4 is 5.91 Å². The molecule has 2 nitrogen and oxygen atoms in total. The first-order valence-electron chi connectivity index (χ1n) is 6.34. The van der Waals surface area contributed by atoms with Crippen LogP contribution in [0, 0.1) is 0 Å². The Balaban J connectivity index is 2.75. The Morgan fingerprint density at radius 3 is 1.52 bits per heavy atom. The van der Waals surface area contributed by atoms with Crippen LogP contribution >= 0.6 is 0 Å². The van der Waals surface area contributed by atoms with E-state index in [1.165, 1.54) is 48.5 Å². The van der Waals surface area contributed by atoms with Gasteiger partial charge in [-0.25, -0.2) is 0 Å². The number of carbonyl (C=O) groups excluding carboxylic acids is 1. The molecule has 2 aromatic rings. The SMILES string of the molecule is CC(=O)NC(c1ccccc1)(c1ccccc1)C(F)(F)F. The number of halogens is 3. The minimum Gasteiger partial charge on any atom is -0.335 e. The summed E-state index contributed by atoms with van der Waals surface area (Å²) in [5, 5.41) is 2.10. The topological polar surface area (TPSA) is 29.1 Å². The quantitative estimate of drug-likeness (QED) is 0.920. The van der Waals surface area contributed by atoms with Gasteiger partial charge in [-0.05, 0) is 11.1 Å². The number of benzene rings is 2. The van der Waals surface area contributed by atoms with Gasteiger partial charge in [0.15, 0.2) is 5.54 Å². The summed E-state index contributed by atoms with van der Waals surface area (Å²) >= 11 is 0. The molecule has 1 N–H and O–H groups in total. The van der Waals surface area contributed by atoms with E-state index in [1.54, 1.807) is 12.1 Å². The van der Waals surface area contributed by atoms with Crippen molar-refractivity contribution in [3.8, 4) is 0 Å². The predicted octanol–water partition coefficient (Wildman–Crippen LogP) is 3.63. The summed E-state index contributed by atoms with van der Waals surface area (Å²) in [5.41, 5.74) is -2.61. The molecule has 0 heterocycles. The van der Waals surface area contributed by atoms with Crippen molar-refractivity contribution < 1.29 is 18.0 Å². The molecular formula is C16H14F3NO. The van der Waals surface area contributed by atoms with Crippen LogP contribution in [0.1, 0.15) is 18.1 Å². The molecule has 0 atom stereocenters. The Kier molecular flexibility index (Phi) is 4.02. The zero-order valence-corrected chi connectivity index (χ0v) is 11.3. The fourth-order valence-electron chi connectivity index (χ4n) is 2.35. The Bertz CT molecular complexity index is 569. The van der Waals surface area contributed by atoms with E-state index in [9.17, 15) is 18.0 Å². The smallest absolute Gasteiger partial charge is 0.335 e. The van der Waals surface area contributed by atoms with E-state index in [0.717, 1.165) is 6.92 Å². The van der Waals surface area contributed by atoms with Crippen molar-refractivity contribution in [3.05, 3.63) is 71.8 Å². The van der Waals surface area contributed by atoms with E-state index < -0.39 is 17.6 Å². The molecule has 0 radical (unpaired) electrons. The molecule has 0 saturated heterocycles. The normalized spacial score (nSPS) is 12.0. The lowest BCUT2D eigenvalue weighted by atomic mass is 9.82. The lowest BCUT2D eigenvalue weighted by Gasteiger charge is -2.37. The molecule has 1 amide bonds. The highest BCUT2D eigenvalue weighted by atomic mass is 19.4. The summed E-state index contributed by atoms with van der Waals surface area (Å²) in [5.74, 6) is -0.750. The molecule has 0 saturated carbocycles. The van der Waals surface area contributed by atoms with Gasteiger partial charge in [0.2, 0.25) is 5.91 Å². The summed E-state index contributed by atoms with van der Waals surface area (Å²) < 4.78 is 41.7. The molecular weight excluding hydrogens is 279 g/mol. The van der Waals surface area contributed by atoms with E-state index in [4.69, 9.17) is 0 Å². The standard InChI is InChI=1S/C16H14F3NO/c1-12(21)20-15(16(17,18)19,13-8-4-2-5-9-13)14-10-6-3-7-11-14/h2-11H,1H3,(H,20,21). The molecule has 0 bridgehead atoms. The predicted molar refractivity (Wildman–Crippen MR) is 73.5 cm³/mol. The minimum absolute atomic E-state index is 0.0288. The van der Waals surface area contributed by atoms with Crippen molar-refractivity contribution in [2.45, 2.75) is 18.6 Å². The second-order valence-electron chi connectivity index (χ2n) is 4.66. The van der Waals surface area contributed by atoms with Crippen LogP contribution < -0.4 is 5.32 Å². The molecule has 0 fully saturated rings. The summed E-state index contributed by atoms with van der Waals surface area (Å²) in [4.78, 5) is 11.4. The number of amides is 1. The number of rotatable bonds is 3. The van der Waals surface area contributed by atoms with Gasteiger partial charge in [-0.3, -0.25) is 4.79 Å². The van der Waals surface area contributed by atoms with E-state index in [2.05, 4.69) is 5.32 Å². The maximum atomic E-state index is 13.9. The monoisotopic (exact) mass is 293 g/mol. The molecule has 0 aliphatic rings. The second-order valence-corrected chi connectivity index (χ2v) is 4.66. The molecule has 0 spiro atoms. The van der Waals surface area contributed by atoms with Gasteiger partial charge >= 0.3 is 6.18 Å². The van der Waals surface area contributed by atoms with Crippen molar-refractivity contribution in [3.63, 3.8) is 0 Å². The molecule has 0 aromatic heterocycles. The van der Waals surface area contributed by atoms with Crippen molar-refractivity contribution in [2.75, 3.05) is 0 Å². The Hall–Kier alpha value is -2.30. The van der Waals surface area contributed by atoms with Crippen molar-refractivity contribution in [1.82, 2.24) is 5.32 Å². The minimum atomic E-state index is -4.68. The molecule has 5 heteroatoms. The van der Waals surface area contributed by atoms with E-state index >= 15 is 0 Å². The van der Waals surface area contributed by atoms with Crippen LogP contribution in [-0.2, 0) is 10.3 Å². The number of carbonyl (C=O) groups is 1. The Morgan fingerprint density at radius 1 is 0.857 bits per heavy atom. The van der Waals surface area contributed by atoms with E-state index in [0.29, 0.717) is 0 Å². The van der Waals surface area contributed by atoms with Gasteiger partial charge < -0.3 is 5.32 Å². The highest BCUT2D eigenvalue weighted by Gasteiger charge is 2.57. The van der Waals surface area contributed by atoms with Crippen LogP contribution in [0.25, 0.3) is 0 Å². The zero-order valence-electron chi connectivity index (χ0n) is 11.3. The first kappa shape index (κ1) is 15.1. The maximum absolute atomic E-state index is 13.9. The maximum Gasteiger partial charge on any atom is 0.420 e. The first-order chi connectivity index (χ1) is 9.88. The van der Waals surface area contributed by atoms with Gasteiger partial charge in [-0.1, -0.05) is 60.7 Å². The van der Waals surface area contributed by atoms with Crippen LogP contribution in [-0.4, -0.2) is 12.1 Å². The molecule has 0 aliphatic heterocycles. The Labute approximate surface area is 120 Å². The van der Waals surface area contributed by atoms with Gasteiger partial charge in [-0.15, -0.1) is 0 Å². The lowest BCUT2D eigenvalue weighted by molar-refractivity contribution is -0.189. The summed E-state index contributed by atoms with van der Waals surface area (Å²) in [6.07, 6.45) is -4.68. The zero-order chi connectivity index (χ0) is 15.5. The number of alkyl halides is 3. The van der Waals surface area contributed by atoms with Crippen molar-refractivity contribution in [2.24, 2.45) is 0 Å². The average Bonchev–Trinajstić information content (AvgIpc) is 2.45. The summed E-state index contributed by atoms with van der Waals surface area (Å²) in [7, 11) is 0. The fraction of sp³-hybridized carbons (Fsp3) is 0.188. The van der Waals surface area contributed by atoms with Crippen LogP contribution in [0.2, 0.25) is 0 Å². The third-order valence-electron chi connectivity index (χ3n) is 3.20. The number of hydrogen-bond donors (Lipinski definition) is 1. The molecule has 21 heavy (non-hydrogen) atoms. The molecule has 0 unspecified atom stereocenters. The Morgan fingerprint density at radius 2 is 1.24 bits per heavy atom. The van der Waals surface area contributed by atoms with Crippen LogP contribution in [0.4, 0.5) is 13.2 Å². The van der Waals surface area contributed by atoms with Gasteiger partial charge in [0.1, 0.15) is 0 Å². The average molecular weight is 293 g/mol. The molecule has 2 rings (SSSR count). The fourth-order valence-corrected chi connectivity index (χ4v) is 2.35. The van der Waals surface area contributed by atoms with Crippen molar-refractivity contribution in [1.29, 1.82) is 0 Å². The second kappa shape index (κ2) is 5.60. The van der Waals surface area contributed by atoms with Gasteiger partial charge in [0.05, 0.1) is 0 Å². The first-order valence-corrected chi connectivity index (χ1v) is 6.34. The van der Waals surface area contributed by atoms with Crippen LogP contribution in [0.3, 0.4) is 0 Å². The number of nitrogens with one attached hydrogen (secondary N) is 1. The summed E-state index contributed by atoms with van der Waals surface area (Å²) in [6, 6.07) is 14.7. The van der Waals surface area contributed by atoms with E-state index in [1.807, 2.05) is 0 Å². The van der Waals surface area contributed by atoms with E-state index in [-0.39, 0.29) is 11.1 Å². The van der Waals surface area contributed by atoms with Crippen LogP contribution in [0.5, 0.6) is 0 Å². The molecule has 2 aromatic carbocycles. The van der Waals surface area contributed by atoms with Gasteiger partial charge in [-0.2, -0.15) is 13.2 Å². The highest BCUT2D eigenvalue weighted by molar-refractivity contribution is 5.75. The molecule has 0 aliphatic carbocycles. The third-order valence-corrected chi connectivity index (χ3v) is 3.20. The lowest BCUT2D eigenvalue weighted by Crippen LogP contribution is -2.56. The van der Waals surface area contributed by atoms with Gasteiger partial charge in [0.25, 0.3) is 0 Å². The van der Waals surface area contributed by atoms with Crippen LogP contribution in [0.15, 0.2) is 60.7 Å². The number of hydrogen-bond acceptors (Lipinski definition) is 1.